The molecular formula is C14H19N3. The van der Waals surface area contributed by atoms with Crippen LogP contribution in [0.15, 0.2) is 12.1 Å². The summed E-state index contributed by atoms with van der Waals surface area (Å²) in [6.07, 6.45) is 3.43. The first-order valence-corrected chi connectivity index (χ1v) is 6.48. The third kappa shape index (κ3) is 2.02. The third-order valence-corrected chi connectivity index (χ3v) is 3.30. The Hall–Kier alpha value is -1.51. The van der Waals surface area contributed by atoms with Crippen molar-refractivity contribution >= 4 is 16.7 Å². The second-order valence-electron chi connectivity index (χ2n) is 5.34. The summed E-state index contributed by atoms with van der Waals surface area (Å²) < 4.78 is 0. The van der Waals surface area contributed by atoms with E-state index in [1.165, 1.54) is 29.6 Å². The number of aromatic amines is 1. The molecule has 0 saturated heterocycles. The number of imidazole rings is 1. The van der Waals surface area contributed by atoms with Crippen LogP contribution in [0.3, 0.4) is 0 Å². The predicted molar refractivity (Wildman–Crippen MR) is 71.4 cm³/mol. The molecule has 0 aliphatic carbocycles. The molecule has 0 radical (unpaired) electrons. The van der Waals surface area contributed by atoms with Gasteiger partial charge in [-0.25, -0.2) is 4.98 Å². The van der Waals surface area contributed by atoms with Crippen LogP contribution in [0.5, 0.6) is 0 Å². The molecule has 17 heavy (non-hydrogen) atoms. The maximum absolute atomic E-state index is 4.67. The zero-order chi connectivity index (χ0) is 11.8. The Morgan fingerprint density at radius 2 is 2.24 bits per heavy atom. The number of nitrogens with one attached hydrogen (secondary N) is 2. The first-order chi connectivity index (χ1) is 8.22. The van der Waals surface area contributed by atoms with Crippen molar-refractivity contribution in [2.75, 3.05) is 11.9 Å². The van der Waals surface area contributed by atoms with Crippen molar-refractivity contribution in [2.24, 2.45) is 5.92 Å². The van der Waals surface area contributed by atoms with E-state index in [1.54, 1.807) is 0 Å². The minimum Gasteiger partial charge on any atom is -0.385 e. The molecular weight excluding hydrogens is 210 g/mol. The van der Waals surface area contributed by atoms with Gasteiger partial charge in [0.15, 0.2) is 0 Å². The lowest BCUT2D eigenvalue weighted by Crippen LogP contribution is -2.11. The Balaban J connectivity index is 2.03. The van der Waals surface area contributed by atoms with Crippen LogP contribution in [-0.4, -0.2) is 16.5 Å². The number of hydrogen-bond acceptors (Lipinski definition) is 2. The first-order valence-electron chi connectivity index (χ1n) is 6.48. The summed E-state index contributed by atoms with van der Waals surface area (Å²) in [5, 5.41) is 3.45. The van der Waals surface area contributed by atoms with Crippen LogP contribution < -0.4 is 5.32 Å². The number of nitrogens with zero attached hydrogens (tertiary/aromatic N) is 1. The Bertz CT molecular complexity index is 497. The van der Waals surface area contributed by atoms with Crippen molar-refractivity contribution in [3.05, 3.63) is 23.5 Å². The Kier molecular flexibility index (Phi) is 2.54. The average Bonchev–Trinajstić information content (AvgIpc) is 2.65. The molecule has 0 unspecified atom stereocenters. The Morgan fingerprint density at radius 3 is 3.06 bits per heavy atom. The van der Waals surface area contributed by atoms with Gasteiger partial charge >= 0.3 is 0 Å². The number of aromatic nitrogens is 2. The van der Waals surface area contributed by atoms with Gasteiger partial charge in [0, 0.05) is 18.7 Å². The lowest BCUT2D eigenvalue weighted by molar-refractivity contribution is 0.627. The normalized spacial score (nSPS) is 15.0. The van der Waals surface area contributed by atoms with Crippen LogP contribution >= 0.6 is 0 Å². The highest BCUT2D eigenvalue weighted by atomic mass is 14.9. The fourth-order valence-electron chi connectivity index (χ4n) is 2.51. The van der Waals surface area contributed by atoms with Crippen molar-refractivity contribution in [3.63, 3.8) is 0 Å². The summed E-state index contributed by atoms with van der Waals surface area (Å²) in [6.45, 7) is 5.53. The molecule has 2 aromatic rings. The van der Waals surface area contributed by atoms with E-state index in [9.17, 15) is 0 Å². The smallest absolute Gasteiger partial charge is 0.107 e. The molecule has 3 heteroatoms. The van der Waals surface area contributed by atoms with Crippen molar-refractivity contribution in [2.45, 2.75) is 33.1 Å². The monoisotopic (exact) mass is 229 g/mol. The van der Waals surface area contributed by atoms with Gasteiger partial charge < -0.3 is 10.3 Å². The molecule has 1 aromatic carbocycles. The molecule has 0 fully saturated rings. The van der Waals surface area contributed by atoms with Crippen LogP contribution in [0.4, 0.5) is 5.69 Å². The lowest BCUT2D eigenvalue weighted by atomic mass is 10.0. The summed E-state index contributed by atoms with van der Waals surface area (Å²) in [4.78, 5) is 8.10. The Labute approximate surface area is 102 Å². The van der Waals surface area contributed by atoms with Crippen molar-refractivity contribution < 1.29 is 0 Å². The molecule has 0 atom stereocenters. The van der Waals surface area contributed by atoms with Gasteiger partial charge in [-0.1, -0.05) is 13.8 Å². The summed E-state index contributed by atoms with van der Waals surface area (Å²) >= 11 is 0. The summed E-state index contributed by atoms with van der Waals surface area (Å²) in [7, 11) is 0. The van der Waals surface area contributed by atoms with Gasteiger partial charge in [0.1, 0.15) is 5.82 Å². The molecule has 0 saturated carbocycles. The van der Waals surface area contributed by atoms with E-state index in [4.69, 9.17) is 0 Å². The maximum Gasteiger partial charge on any atom is 0.107 e. The topological polar surface area (TPSA) is 40.7 Å². The molecule has 3 rings (SSSR count). The highest BCUT2D eigenvalue weighted by Gasteiger charge is 2.12. The van der Waals surface area contributed by atoms with Gasteiger partial charge in [0.2, 0.25) is 0 Å². The summed E-state index contributed by atoms with van der Waals surface area (Å²) in [6, 6.07) is 4.44. The van der Waals surface area contributed by atoms with Crippen LogP contribution in [-0.2, 0) is 12.8 Å². The van der Waals surface area contributed by atoms with Crippen molar-refractivity contribution in [3.8, 4) is 0 Å². The highest BCUT2D eigenvalue weighted by Crippen LogP contribution is 2.27. The molecule has 2 heterocycles. The number of benzene rings is 1. The minimum absolute atomic E-state index is 0.642. The molecule has 1 aliphatic heterocycles. The fourth-order valence-corrected chi connectivity index (χ4v) is 2.51. The maximum atomic E-state index is 4.67. The van der Waals surface area contributed by atoms with Gasteiger partial charge in [-0.3, -0.25) is 0 Å². The fraction of sp³-hybridized carbons (Fsp3) is 0.500. The minimum atomic E-state index is 0.642. The van der Waals surface area contributed by atoms with E-state index in [0.29, 0.717) is 5.92 Å². The molecule has 0 bridgehead atoms. The number of hydrogen-bond donors (Lipinski definition) is 2. The largest absolute Gasteiger partial charge is 0.385 e. The predicted octanol–water partition coefficient (Wildman–Crippen LogP) is 3.12. The van der Waals surface area contributed by atoms with E-state index in [1.807, 2.05) is 0 Å². The van der Waals surface area contributed by atoms with Gasteiger partial charge in [-0.05, 0) is 36.5 Å². The zero-order valence-corrected chi connectivity index (χ0v) is 10.5. The van der Waals surface area contributed by atoms with Crippen LogP contribution in [0.2, 0.25) is 0 Å². The van der Waals surface area contributed by atoms with E-state index in [0.717, 1.165) is 24.3 Å². The number of anilines is 1. The second-order valence-corrected chi connectivity index (χ2v) is 5.34. The Morgan fingerprint density at radius 1 is 1.35 bits per heavy atom. The second kappa shape index (κ2) is 4.06. The number of H-pyrrole nitrogens is 1. The molecule has 90 valence electrons. The molecule has 2 N–H and O–H groups in total. The van der Waals surface area contributed by atoms with Crippen molar-refractivity contribution in [1.29, 1.82) is 0 Å². The van der Waals surface area contributed by atoms with Gasteiger partial charge in [0.25, 0.3) is 0 Å². The van der Waals surface area contributed by atoms with E-state index in [-0.39, 0.29) is 0 Å². The van der Waals surface area contributed by atoms with Gasteiger partial charge in [0.05, 0.1) is 11.0 Å². The average molecular weight is 229 g/mol. The van der Waals surface area contributed by atoms with Gasteiger partial charge in [-0.15, -0.1) is 0 Å². The first kappa shape index (κ1) is 10.6. The summed E-state index contributed by atoms with van der Waals surface area (Å²) in [5.41, 5.74) is 4.96. The van der Waals surface area contributed by atoms with Crippen molar-refractivity contribution in [1.82, 2.24) is 9.97 Å². The quantitative estimate of drug-likeness (QED) is 0.830. The third-order valence-electron chi connectivity index (χ3n) is 3.30. The SMILES string of the molecule is CC(C)Cc1nc2cc3c(cc2[nH]1)CCCN3. The summed E-state index contributed by atoms with van der Waals surface area (Å²) in [5.74, 6) is 1.75. The van der Waals surface area contributed by atoms with E-state index < -0.39 is 0 Å². The number of fused-ring (bicyclic) bond motifs is 2. The zero-order valence-electron chi connectivity index (χ0n) is 10.5. The van der Waals surface area contributed by atoms with Gasteiger partial charge in [-0.2, -0.15) is 0 Å². The highest BCUT2D eigenvalue weighted by molar-refractivity contribution is 5.81. The molecule has 3 nitrogen and oxygen atoms in total. The van der Waals surface area contributed by atoms with E-state index >= 15 is 0 Å². The molecule has 1 aliphatic rings. The number of rotatable bonds is 2. The number of aryl methyl sites for hydroxylation is 1. The van der Waals surface area contributed by atoms with Crippen LogP contribution in [0.1, 0.15) is 31.7 Å². The molecule has 1 aromatic heterocycles. The van der Waals surface area contributed by atoms with Crippen LogP contribution in [0.25, 0.3) is 11.0 Å². The molecule has 0 amide bonds. The lowest BCUT2D eigenvalue weighted by Gasteiger charge is -2.17. The van der Waals surface area contributed by atoms with Crippen LogP contribution in [0, 0.1) is 5.92 Å². The molecule has 0 spiro atoms. The van der Waals surface area contributed by atoms with E-state index in [2.05, 4.69) is 41.3 Å². The standard InChI is InChI=1S/C14H19N3/c1-9(2)6-14-16-12-7-10-4-3-5-15-11(10)8-13(12)17-14/h7-9,15H,3-6H2,1-2H3,(H,16,17).